The predicted octanol–water partition coefficient (Wildman–Crippen LogP) is 3.91. The molecule has 23 heavy (non-hydrogen) atoms. The number of hydrogen-bond donors (Lipinski definition) is 2. The summed E-state index contributed by atoms with van der Waals surface area (Å²) < 4.78 is 12.9. The lowest BCUT2D eigenvalue weighted by Crippen LogP contribution is -2.57. The zero-order valence-electron chi connectivity index (χ0n) is 13.7. The minimum Gasteiger partial charge on any atom is -0.360 e. The van der Waals surface area contributed by atoms with Crippen molar-refractivity contribution in [1.82, 2.24) is 10.2 Å². The first kappa shape index (κ1) is 16.7. The molecule has 126 valence electrons. The molecule has 2 aliphatic rings. The molecule has 3 rings (SSSR count). The predicted molar refractivity (Wildman–Crippen MR) is 97.2 cm³/mol. The highest BCUT2D eigenvalue weighted by molar-refractivity contribution is 7.80. The van der Waals surface area contributed by atoms with E-state index in [1.54, 1.807) is 12.1 Å². The Hall–Kier alpha value is -1.20. The number of nitrogens with zero attached hydrogens (tertiary/aromatic N) is 1. The van der Waals surface area contributed by atoms with Crippen molar-refractivity contribution in [3.63, 3.8) is 0 Å². The number of halogens is 1. The Morgan fingerprint density at radius 3 is 2.48 bits per heavy atom. The Morgan fingerprint density at radius 2 is 1.87 bits per heavy atom. The van der Waals surface area contributed by atoms with Crippen LogP contribution >= 0.6 is 12.2 Å². The van der Waals surface area contributed by atoms with Crippen LogP contribution in [0.5, 0.6) is 0 Å². The molecule has 3 nitrogen and oxygen atoms in total. The summed E-state index contributed by atoms with van der Waals surface area (Å²) in [7, 11) is 0. The molecule has 0 spiro atoms. The van der Waals surface area contributed by atoms with Gasteiger partial charge in [0.05, 0.1) is 0 Å². The first-order valence-corrected chi connectivity index (χ1v) is 9.15. The topological polar surface area (TPSA) is 27.3 Å². The average molecular weight is 335 g/mol. The zero-order chi connectivity index (χ0) is 16.2. The number of anilines is 1. The van der Waals surface area contributed by atoms with Gasteiger partial charge >= 0.3 is 0 Å². The van der Waals surface area contributed by atoms with E-state index in [0.717, 1.165) is 5.69 Å². The summed E-state index contributed by atoms with van der Waals surface area (Å²) in [6.45, 7) is 3.49. The van der Waals surface area contributed by atoms with Crippen molar-refractivity contribution in [1.29, 1.82) is 0 Å². The number of nitrogens with one attached hydrogen (secondary N) is 2. The number of hydrogen-bond acceptors (Lipinski definition) is 2. The number of piperidine rings is 2. The van der Waals surface area contributed by atoms with Gasteiger partial charge in [-0.2, -0.15) is 0 Å². The van der Waals surface area contributed by atoms with Crippen LogP contribution in [0.3, 0.4) is 0 Å². The molecule has 0 aliphatic carbocycles. The molecule has 1 aromatic rings. The van der Waals surface area contributed by atoms with Crippen LogP contribution in [0.2, 0.25) is 0 Å². The van der Waals surface area contributed by atoms with E-state index >= 15 is 0 Å². The van der Waals surface area contributed by atoms with Gasteiger partial charge in [-0.1, -0.05) is 13.3 Å². The van der Waals surface area contributed by atoms with Crippen LogP contribution in [0, 0.1) is 5.82 Å². The lowest BCUT2D eigenvalue weighted by atomic mass is 9.81. The molecular formula is C18H26FN3S. The van der Waals surface area contributed by atoms with E-state index in [-0.39, 0.29) is 5.82 Å². The summed E-state index contributed by atoms with van der Waals surface area (Å²) >= 11 is 5.43. The fourth-order valence-corrected chi connectivity index (χ4v) is 4.39. The Morgan fingerprint density at radius 1 is 1.22 bits per heavy atom. The molecule has 2 N–H and O–H groups in total. The molecule has 2 saturated heterocycles. The number of rotatable bonds is 4. The van der Waals surface area contributed by atoms with E-state index < -0.39 is 0 Å². The van der Waals surface area contributed by atoms with Crippen molar-refractivity contribution in [2.24, 2.45) is 0 Å². The van der Waals surface area contributed by atoms with Gasteiger partial charge < -0.3 is 10.6 Å². The van der Waals surface area contributed by atoms with Crippen LogP contribution in [0.15, 0.2) is 24.3 Å². The molecule has 3 atom stereocenters. The van der Waals surface area contributed by atoms with Gasteiger partial charge in [-0.3, -0.25) is 4.90 Å². The maximum absolute atomic E-state index is 12.9. The summed E-state index contributed by atoms with van der Waals surface area (Å²) in [4.78, 5) is 2.72. The van der Waals surface area contributed by atoms with E-state index in [2.05, 4.69) is 22.5 Å². The van der Waals surface area contributed by atoms with Gasteiger partial charge in [0.1, 0.15) is 5.82 Å². The second kappa shape index (κ2) is 7.58. The Labute approximate surface area is 143 Å². The first-order valence-electron chi connectivity index (χ1n) is 8.74. The lowest BCUT2D eigenvalue weighted by molar-refractivity contribution is 0.0284. The quantitative estimate of drug-likeness (QED) is 0.816. The molecule has 2 aliphatic heterocycles. The molecule has 0 radical (unpaired) electrons. The van der Waals surface area contributed by atoms with Gasteiger partial charge in [0.25, 0.3) is 0 Å². The smallest absolute Gasteiger partial charge is 0.170 e. The van der Waals surface area contributed by atoms with E-state index in [4.69, 9.17) is 12.2 Å². The third-order valence-corrected chi connectivity index (χ3v) is 5.26. The van der Waals surface area contributed by atoms with Crippen molar-refractivity contribution in [3.8, 4) is 0 Å². The molecule has 5 heteroatoms. The van der Waals surface area contributed by atoms with Gasteiger partial charge in [-0.15, -0.1) is 0 Å². The number of fused-ring (bicyclic) bond motifs is 2. The molecule has 1 unspecified atom stereocenters. The van der Waals surface area contributed by atoms with E-state index in [9.17, 15) is 4.39 Å². The summed E-state index contributed by atoms with van der Waals surface area (Å²) in [6, 6.07) is 8.15. The zero-order valence-corrected chi connectivity index (χ0v) is 14.5. The Bertz CT molecular complexity index is 520. The third-order valence-electron chi connectivity index (χ3n) is 5.05. The van der Waals surface area contributed by atoms with Gasteiger partial charge in [-0.05, 0) is 75.1 Å². The number of benzene rings is 1. The molecule has 0 amide bonds. The van der Waals surface area contributed by atoms with Gasteiger partial charge in [0.15, 0.2) is 5.11 Å². The third kappa shape index (κ3) is 4.21. The van der Waals surface area contributed by atoms with Crippen LogP contribution < -0.4 is 10.6 Å². The molecule has 0 aromatic heterocycles. The fraction of sp³-hybridized carbons (Fsp3) is 0.611. The van der Waals surface area contributed by atoms with Crippen molar-refractivity contribution >= 4 is 23.0 Å². The van der Waals surface area contributed by atoms with Crippen molar-refractivity contribution in [2.75, 3.05) is 11.9 Å². The van der Waals surface area contributed by atoms with Gasteiger partial charge in [0, 0.05) is 23.8 Å². The van der Waals surface area contributed by atoms with Crippen molar-refractivity contribution in [2.45, 2.75) is 63.6 Å². The second-order valence-electron chi connectivity index (χ2n) is 6.75. The Balaban J connectivity index is 1.54. The first-order chi connectivity index (χ1) is 11.2. The average Bonchev–Trinajstić information content (AvgIpc) is 2.50. The minimum atomic E-state index is -0.231. The van der Waals surface area contributed by atoms with Crippen LogP contribution in [0.25, 0.3) is 0 Å². The highest BCUT2D eigenvalue weighted by Crippen LogP contribution is 2.34. The van der Waals surface area contributed by atoms with E-state index in [0.29, 0.717) is 23.2 Å². The van der Waals surface area contributed by atoms with Gasteiger partial charge in [-0.25, -0.2) is 4.39 Å². The summed E-state index contributed by atoms with van der Waals surface area (Å²) in [5, 5.41) is 7.27. The minimum absolute atomic E-state index is 0.231. The van der Waals surface area contributed by atoms with Crippen LogP contribution in [-0.4, -0.2) is 34.7 Å². The monoisotopic (exact) mass is 335 g/mol. The second-order valence-corrected chi connectivity index (χ2v) is 7.16. The molecular weight excluding hydrogens is 309 g/mol. The molecule has 2 bridgehead atoms. The highest BCUT2D eigenvalue weighted by atomic mass is 32.1. The fourth-order valence-electron chi connectivity index (χ4n) is 4.11. The maximum Gasteiger partial charge on any atom is 0.170 e. The van der Waals surface area contributed by atoms with Crippen LogP contribution in [0.1, 0.15) is 45.4 Å². The van der Waals surface area contributed by atoms with Crippen molar-refractivity contribution < 1.29 is 4.39 Å². The molecule has 2 heterocycles. The summed E-state index contributed by atoms with van der Waals surface area (Å²) in [6.07, 6.45) is 7.55. The van der Waals surface area contributed by atoms with Gasteiger partial charge in [0.2, 0.25) is 0 Å². The highest BCUT2D eigenvalue weighted by Gasteiger charge is 2.37. The Kier molecular flexibility index (Phi) is 5.49. The molecule has 2 fully saturated rings. The standard InChI is InChI=1S/C18H26FN3S/c1-2-10-22-16-4-3-5-17(22)12-15(11-16)21-18(23)20-14-8-6-13(19)7-9-14/h6-9,15-17H,2-5,10-12H2,1H3,(H2,20,21,23)/t15?,16-,17+. The van der Waals surface area contributed by atoms with Crippen molar-refractivity contribution in [3.05, 3.63) is 30.1 Å². The summed E-state index contributed by atoms with van der Waals surface area (Å²) in [5.74, 6) is -0.231. The van der Waals surface area contributed by atoms with E-state index in [1.807, 2.05) is 0 Å². The lowest BCUT2D eigenvalue weighted by Gasteiger charge is -2.49. The van der Waals surface area contributed by atoms with E-state index in [1.165, 1.54) is 57.2 Å². The molecule has 0 saturated carbocycles. The largest absolute Gasteiger partial charge is 0.360 e. The van der Waals surface area contributed by atoms with Crippen LogP contribution in [0.4, 0.5) is 10.1 Å². The SMILES string of the molecule is CCCN1[C@@H]2CCC[C@H]1CC(NC(=S)Nc1ccc(F)cc1)C2. The molecule has 1 aromatic carbocycles. The maximum atomic E-state index is 12.9. The number of thiocarbonyl (C=S) groups is 1. The van der Waals surface area contributed by atoms with Crippen LogP contribution in [-0.2, 0) is 0 Å². The summed E-state index contributed by atoms with van der Waals surface area (Å²) in [5.41, 5.74) is 0.826. The normalized spacial score (nSPS) is 27.5.